The number of nitrogens with one attached hydrogen (secondary N) is 1. The Morgan fingerprint density at radius 1 is 1.03 bits per heavy atom. The summed E-state index contributed by atoms with van der Waals surface area (Å²) < 4.78 is 5.14. The molecular weight excluding hydrogens is 378 g/mol. The monoisotopic (exact) mass is 399 g/mol. The number of pyridine rings is 2. The number of hydrogen-bond donors (Lipinski definition) is 2. The van der Waals surface area contributed by atoms with E-state index in [0.29, 0.717) is 22.6 Å². The Hall–Kier alpha value is -3.93. The molecule has 0 radical (unpaired) electrons. The molecule has 2 heterocycles. The third kappa shape index (κ3) is 4.07. The minimum absolute atomic E-state index is 0.113. The number of rotatable bonds is 5. The summed E-state index contributed by atoms with van der Waals surface area (Å²) in [4.78, 5) is 19.9. The number of carbonyl (C=O) groups excluding carboxylic acids is 1. The lowest BCUT2D eigenvalue weighted by Gasteiger charge is -2.22. The van der Waals surface area contributed by atoms with Crippen LogP contribution in [0, 0.1) is 6.92 Å². The van der Waals surface area contributed by atoms with E-state index in [1.54, 1.807) is 24.5 Å². The van der Waals surface area contributed by atoms with E-state index in [4.69, 9.17) is 4.74 Å². The van der Waals surface area contributed by atoms with Crippen molar-refractivity contribution in [3.63, 3.8) is 0 Å². The molecule has 0 saturated carbocycles. The molecule has 2 aromatic heterocycles. The van der Waals surface area contributed by atoms with Crippen molar-refractivity contribution in [2.45, 2.75) is 19.9 Å². The fraction of sp³-hybridized carbons (Fsp3) is 0.125. The van der Waals surface area contributed by atoms with E-state index in [-0.39, 0.29) is 11.7 Å². The van der Waals surface area contributed by atoms with E-state index in [0.717, 1.165) is 16.5 Å². The van der Waals surface area contributed by atoms with Crippen LogP contribution < -0.4 is 10.1 Å². The number of anilines is 1. The average Bonchev–Trinajstić information content (AvgIpc) is 2.73. The van der Waals surface area contributed by atoms with Crippen LogP contribution in [0.15, 0.2) is 73.1 Å². The number of phenols is 1. The number of nitrogens with zero attached hydrogens (tertiary/aromatic N) is 2. The number of fused-ring (bicyclic) bond motifs is 1. The predicted octanol–water partition coefficient (Wildman–Crippen LogP) is 4.77. The Morgan fingerprint density at radius 3 is 2.57 bits per heavy atom. The Labute approximate surface area is 174 Å². The van der Waals surface area contributed by atoms with Crippen LogP contribution in [0.1, 0.15) is 29.7 Å². The van der Waals surface area contributed by atoms with Crippen LogP contribution in [0.25, 0.3) is 10.9 Å². The minimum Gasteiger partial charge on any atom is -0.505 e. The summed E-state index contributed by atoms with van der Waals surface area (Å²) in [6, 6.07) is 18.2. The van der Waals surface area contributed by atoms with Crippen molar-refractivity contribution in [1.82, 2.24) is 9.97 Å². The van der Waals surface area contributed by atoms with E-state index >= 15 is 0 Å². The molecule has 0 bridgehead atoms. The van der Waals surface area contributed by atoms with Gasteiger partial charge in [-0.25, -0.2) is 4.98 Å². The number of ether oxygens (including phenoxy) is 1. The van der Waals surface area contributed by atoms with Gasteiger partial charge in [-0.15, -0.1) is 0 Å². The van der Waals surface area contributed by atoms with Gasteiger partial charge in [-0.2, -0.15) is 0 Å². The zero-order valence-corrected chi connectivity index (χ0v) is 16.7. The summed E-state index contributed by atoms with van der Waals surface area (Å²) in [6.07, 6.45) is 3.39. The lowest BCUT2D eigenvalue weighted by atomic mass is 9.96. The van der Waals surface area contributed by atoms with E-state index in [1.165, 1.54) is 6.92 Å². The van der Waals surface area contributed by atoms with Gasteiger partial charge in [0.05, 0.1) is 6.04 Å². The number of phenolic OH excluding ortho intramolecular Hbond substituents is 1. The largest absolute Gasteiger partial charge is 0.505 e. The Morgan fingerprint density at radius 2 is 1.83 bits per heavy atom. The first-order valence-electron chi connectivity index (χ1n) is 9.55. The highest BCUT2D eigenvalue weighted by Crippen LogP contribution is 2.36. The quantitative estimate of drug-likeness (QED) is 0.371. The Balaban J connectivity index is 1.79. The van der Waals surface area contributed by atoms with Crippen LogP contribution in [0.3, 0.4) is 0 Å². The standard InChI is InChI=1S/C24H21N3O3/c1-15-11-13-25-21(14-15)27-22(18-5-8-19(9-6-18)30-16(2)28)20-10-7-17-4-3-12-26-23(17)24(20)29/h3-14,22,29H,1-2H3,(H,25,27). The molecular formula is C24H21N3O3. The summed E-state index contributed by atoms with van der Waals surface area (Å²) >= 11 is 0. The molecule has 30 heavy (non-hydrogen) atoms. The highest BCUT2D eigenvalue weighted by atomic mass is 16.5. The van der Waals surface area contributed by atoms with Crippen LogP contribution in [-0.4, -0.2) is 21.0 Å². The highest BCUT2D eigenvalue weighted by molar-refractivity contribution is 5.86. The fourth-order valence-corrected chi connectivity index (χ4v) is 3.38. The maximum atomic E-state index is 11.2. The first kappa shape index (κ1) is 19.4. The van der Waals surface area contributed by atoms with Crippen molar-refractivity contribution in [1.29, 1.82) is 0 Å². The second-order valence-electron chi connectivity index (χ2n) is 7.04. The summed E-state index contributed by atoms with van der Waals surface area (Å²) in [5.74, 6) is 0.884. The lowest BCUT2D eigenvalue weighted by Crippen LogP contribution is -2.14. The van der Waals surface area contributed by atoms with Gasteiger partial charge < -0.3 is 15.2 Å². The summed E-state index contributed by atoms with van der Waals surface area (Å²) in [5.41, 5.74) is 3.15. The van der Waals surface area contributed by atoms with E-state index in [9.17, 15) is 9.90 Å². The van der Waals surface area contributed by atoms with E-state index in [2.05, 4.69) is 15.3 Å². The molecule has 0 saturated heterocycles. The number of benzene rings is 2. The molecule has 0 aliphatic carbocycles. The van der Waals surface area contributed by atoms with Gasteiger partial charge >= 0.3 is 5.97 Å². The van der Waals surface area contributed by atoms with Crippen molar-refractivity contribution in [2.24, 2.45) is 0 Å². The molecule has 0 aliphatic rings. The van der Waals surface area contributed by atoms with Crippen LogP contribution in [0.2, 0.25) is 0 Å². The van der Waals surface area contributed by atoms with Crippen LogP contribution in [0.4, 0.5) is 5.82 Å². The predicted molar refractivity (Wildman–Crippen MR) is 116 cm³/mol. The second kappa shape index (κ2) is 8.21. The van der Waals surface area contributed by atoms with Gasteiger partial charge in [-0.3, -0.25) is 9.78 Å². The third-order valence-corrected chi connectivity index (χ3v) is 4.77. The molecule has 1 atom stereocenters. The lowest BCUT2D eigenvalue weighted by molar-refractivity contribution is -0.131. The van der Waals surface area contributed by atoms with E-state index in [1.807, 2.05) is 55.5 Å². The summed E-state index contributed by atoms with van der Waals surface area (Å²) in [7, 11) is 0. The maximum absolute atomic E-state index is 11.2. The normalized spacial score (nSPS) is 11.8. The van der Waals surface area contributed by atoms with Crippen LogP contribution >= 0.6 is 0 Å². The van der Waals surface area contributed by atoms with Gasteiger partial charge in [0, 0.05) is 30.3 Å². The average molecular weight is 399 g/mol. The van der Waals surface area contributed by atoms with Gasteiger partial charge in [0.25, 0.3) is 0 Å². The highest BCUT2D eigenvalue weighted by Gasteiger charge is 2.20. The molecule has 150 valence electrons. The van der Waals surface area contributed by atoms with Crippen molar-refractivity contribution in [3.05, 3.63) is 89.7 Å². The van der Waals surface area contributed by atoms with Crippen molar-refractivity contribution in [2.75, 3.05) is 5.32 Å². The third-order valence-electron chi connectivity index (χ3n) is 4.77. The molecule has 6 heteroatoms. The molecule has 0 amide bonds. The topological polar surface area (TPSA) is 84.3 Å². The number of hydrogen-bond acceptors (Lipinski definition) is 6. The van der Waals surface area contributed by atoms with Gasteiger partial charge in [0.15, 0.2) is 0 Å². The fourth-order valence-electron chi connectivity index (χ4n) is 3.38. The SMILES string of the molecule is CC(=O)Oc1ccc(C(Nc2cc(C)ccn2)c2ccc3cccnc3c2O)cc1. The summed E-state index contributed by atoms with van der Waals surface area (Å²) in [5, 5.41) is 15.3. The number of carbonyl (C=O) groups is 1. The van der Waals surface area contributed by atoms with Crippen molar-refractivity contribution in [3.8, 4) is 11.5 Å². The second-order valence-corrected chi connectivity index (χ2v) is 7.04. The van der Waals surface area contributed by atoms with Gasteiger partial charge in [-0.1, -0.05) is 30.3 Å². The van der Waals surface area contributed by atoms with Gasteiger partial charge in [0.2, 0.25) is 0 Å². The number of esters is 1. The van der Waals surface area contributed by atoms with Crippen molar-refractivity contribution >= 4 is 22.7 Å². The number of aromatic nitrogens is 2. The van der Waals surface area contributed by atoms with Gasteiger partial charge in [-0.05, 0) is 48.4 Å². The zero-order chi connectivity index (χ0) is 21.1. The molecule has 0 aliphatic heterocycles. The molecule has 4 aromatic rings. The molecule has 6 nitrogen and oxygen atoms in total. The molecule has 0 spiro atoms. The summed E-state index contributed by atoms with van der Waals surface area (Å²) in [6.45, 7) is 3.36. The number of aromatic hydroxyl groups is 1. The Kier molecular flexibility index (Phi) is 5.30. The first-order chi connectivity index (χ1) is 14.5. The Bertz CT molecular complexity index is 1210. The van der Waals surface area contributed by atoms with Crippen LogP contribution in [-0.2, 0) is 4.79 Å². The smallest absolute Gasteiger partial charge is 0.308 e. The minimum atomic E-state index is -0.392. The van der Waals surface area contributed by atoms with Crippen LogP contribution in [0.5, 0.6) is 11.5 Å². The maximum Gasteiger partial charge on any atom is 0.308 e. The molecule has 0 fully saturated rings. The number of aryl methyl sites for hydroxylation is 1. The van der Waals surface area contributed by atoms with Crippen molar-refractivity contribution < 1.29 is 14.6 Å². The first-order valence-corrected chi connectivity index (χ1v) is 9.55. The molecule has 2 N–H and O–H groups in total. The zero-order valence-electron chi connectivity index (χ0n) is 16.7. The van der Waals surface area contributed by atoms with Gasteiger partial charge in [0.1, 0.15) is 22.8 Å². The molecule has 2 aromatic carbocycles. The molecule has 4 rings (SSSR count). The van der Waals surface area contributed by atoms with E-state index < -0.39 is 6.04 Å². The molecule has 1 unspecified atom stereocenters.